The predicted molar refractivity (Wildman–Crippen MR) is 84.2 cm³/mol. The zero-order chi connectivity index (χ0) is 14.5. The van der Waals surface area contributed by atoms with Crippen LogP contribution in [0.1, 0.15) is 21.7 Å². The Hall–Kier alpha value is -1.83. The van der Waals surface area contributed by atoms with Crippen molar-refractivity contribution in [1.29, 1.82) is 0 Å². The van der Waals surface area contributed by atoms with E-state index in [-0.39, 0.29) is 5.91 Å². The molecule has 0 unspecified atom stereocenters. The maximum absolute atomic E-state index is 11.8. The molecule has 1 N–H and O–H groups in total. The molecule has 0 fully saturated rings. The van der Waals surface area contributed by atoms with Gasteiger partial charge in [-0.1, -0.05) is 0 Å². The number of ether oxygens (including phenoxy) is 1. The maximum Gasteiger partial charge on any atom is 0.274 e. The molecule has 5 nitrogen and oxygen atoms in total. The van der Waals surface area contributed by atoms with Crippen LogP contribution in [0.15, 0.2) is 40.0 Å². The van der Waals surface area contributed by atoms with Gasteiger partial charge in [0.2, 0.25) is 0 Å². The van der Waals surface area contributed by atoms with Crippen LogP contribution in [-0.2, 0) is 0 Å². The number of nitrogens with zero attached hydrogens (tertiary/aromatic N) is 1. The number of methoxy groups -OCH3 is 1. The molecule has 1 aromatic heterocycles. The van der Waals surface area contributed by atoms with E-state index in [2.05, 4.69) is 33.1 Å². The van der Waals surface area contributed by atoms with Gasteiger partial charge in [-0.05, 0) is 59.3 Å². The van der Waals surface area contributed by atoms with Gasteiger partial charge in [-0.2, -0.15) is 5.10 Å². The highest BCUT2D eigenvalue weighted by Gasteiger charge is 2.09. The number of carbonyl (C=O) groups excluding carboxylic acids is 1. The van der Waals surface area contributed by atoms with Crippen LogP contribution in [0.25, 0.3) is 0 Å². The summed E-state index contributed by atoms with van der Waals surface area (Å²) in [4.78, 5) is 11.8. The summed E-state index contributed by atoms with van der Waals surface area (Å²) in [7, 11) is 1.62. The SMILES string of the molecule is COc1ccc(C=NNC(=O)c2ccoc2C)cc1I. The largest absolute Gasteiger partial charge is 0.496 e. The number of aryl methyl sites for hydroxylation is 1. The van der Waals surface area contributed by atoms with E-state index in [0.717, 1.165) is 14.9 Å². The number of furan rings is 1. The van der Waals surface area contributed by atoms with Gasteiger partial charge in [0.15, 0.2) is 0 Å². The smallest absolute Gasteiger partial charge is 0.274 e. The molecule has 1 heterocycles. The second kappa shape index (κ2) is 6.56. The second-order valence-corrected chi connectivity index (χ2v) is 5.15. The van der Waals surface area contributed by atoms with Gasteiger partial charge in [0.1, 0.15) is 11.5 Å². The molecule has 2 rings (SSSR count). The van der Waals surface area contributed by atoms with Crippen LogP contribution in [0, 0.1) is 10.5 Å². The standard InChI is InChI=1S/C14H13IN2O3/c1-9-11(5-6-20-9)14(18)17-16-8-10-3-4-13(19-2)12(15)7-10/h3-8H,1-2H3,(H,17,18). The van der Waals surface area contributed by atoms with Gasteiger partial charge in [0, 0.05) is 0 Å². The summed E-state index contributed by atoms with van der Waals surface area (Å²) in [6.45, 7) is 1.73. The molecule has 2 aromatic rings. The maximum atomic E-state index is 11.8. The summed E-state index contributed by atoms with van der Waals surface area (Å²) in [5.41, 5.74) is 3.81. The third kappa shape index (κ3) is 3.38. The molecular weight excluding hydrogens is 371 g/mol. The van der Waals surface area contributed by atoms with Crippen LogP contribution in [0.4, 0.5) is 0 Å². The highest BCUT2D eigenvalue weighted by Crippen LogP contribution is 2.20. The minimum absolute atomic E-state index is 0.296. The first-order valence-electron chi connectivity index (χ1n) is 5.83. The number of nitrogens with one attached hydrogen (secondary N) is 1. The number of amides is 1. The van der Waals surface area contributed by atoms with Crippen molar-refractivity contribution >= 4 is 34.7 Å². The lowest BCUT2D eigenvalue weighted by Gasteiger charge is -2.03. The van der Waals surface area contributed by atoms with Crippen molar-refractivity contribution in [3.05, 3.63) is 51.0 Å². The molecular formula is C14H13IN2O3. The minimum atomic E-state index is -0.296. The molecule has 0 aliphatic rings. The molecule has 1 amide bonds. The number of benzene rings is 1. The molecule has 0 aliphatic heterocycles. The van der Waals surface area contributed by atoms with Gasteiger partial charge in [-0.25, -0.2) is 5.43 Å². The Labute approximate surface area is 130 Å². The van der Waals surface area contributed by atoms with Crippen molar-refractivity contribution in [2.24, 2.45) is 5.10 Å². The van der Waals surface area contributed by atoms with Gasteiger partial charge < -0.3 is 9.15 Å². The second-order valence-electron chi connectivity index (χ2n) is 3.98. The Bertz CT molecular complexity index is 650. The van der Waals surface area contributed by atoms with Gasteiger partial charge in [0.25, 0.3) is 5.91 Å². The van der Waals surface area contributed by atoms with Crippen LogP contribution in [0.2, 0.25) is 0 Å². The highest BCUT2D eigenvalue weighted by atomic mass is 127. The number of rotatable bonds is 4. The lowest BCUT2D eigenvalue weighted by Crippen LogP contribution is -2.17. The van der Waals surface area contributed by atoms with Crippen LogP contribution in [-0.4, -0.2) is 19.2 Å². The summed E-state index contributed by atoms with van der Waals surface area (Å²) in [6, 6.07) is 7.24. The van der Waals surface area contributed by atoms with Gasteiger partial charge >= 0.3 is 0 Å². The average molecular weight is 384 g/mol. The van der Waals surface area contributed by atoms with E-state index in [1.807, 2.05) is 18.2 Å². The number of hydrazone groups is 1. The zero-order valence-electron chi connectivity index (χ0n) is 11.0. The lowest BCUT2D eigenvalue weighted by molar-refractivity contribution is 0.0953. The number of hydrogen-bond donors (Lipinski definition) is 1. The van der Waals surface area contributed by atoms with E-state index >= 15 is 0 Å². The fourth-order valence-corrected chi connectivity index (χ4v) is 2.37. The first kappa shape index (κ1) is 14.6. The molecule has 0 aliphatic carbocycles. The quantitative estimate of drug-likeness (QED) is 0.501. The monoisotopic (exact) mass is 384 g/mol. The Morgan fingerprint density at radius 3 is 2.85 bits per heavy atom. The van der Waals surface area contributed by atoms with Crippen molar-refractivity contribution in [2.45, 2.75) is 6.92 Å². The summed E-state index contributed by atoms with van der Waals surface area (Å²) in [5.74, 6) is 1.08. The molecule has 0 bridgehead atoms. The minimum Gasteiger partial charge on any atom is -0.496 e. The van der Waals surface area contributed by atoms with Crippen molar-refractivity contribution in [2.75, 3.05) is 7.11 Å². The van der Waals surface area contributed by atoms with E-state index in [0.29, 0.717) is 11.3 Å². The third-order valence-electron chi connectivity index (χ3n) is 2.66. The average Bonchev–Trinajstić information content (AvgIpc) is 2.85. The van der Waals surface area contributed by atoms with E-state index in [9.17, 15) is 4.79 Å². The number of carbonyl (C=O) groups is 1. The van der Waals surface area contributed by atoms with Crippen molar-refractivity contribution in [1.82, 2.24) is 5.43 Å². The normalized spacial score (nSPS) is 10.8. The summed E-state index contributed by atoms with van der Waals surface area (Å²) in [5, 5.41) is 3.92. The van der Waals surface area contributed by atoms with Crippen LogP contribution in [0.5, 0.6) is 5.75 Å². The van der Waals surface area contributed by atoms with Crippen molar-refractivity contribution in [3.8, 4) is 5.75 Å². The lowest BCUT2D eigenvalue weighted by atomic mass is 10.2. The van der Waals surface area contributed by atoms with Crippen molar-refractivity contribution < 1.29 is 13.9 Å². The Balaban J connectivity index is 2.02. The Morgan fingerprint density at radius 1 is 1.45 bits per heavy atom. The molecule has 6 heteroatoms. The molecule has 20 heavy (non-hydrogen) atoms. The fraction of sp³-hybridized carbons (Fsp3) is 0.143. The van der Waals surface area contributed by atoms with Gasteiger partial charge in [-0.3, -0.25) is 4.79 Å². The van der Waals surface area contributed by atoms with Crippen LogP contribution < -0.4 is 10.2 Å². The first-order valence-corrected chi connectivity index (χ1v) is 6.90. The predicted octanol–water partition coefficient (Wildman–Crippen LogP) is 2.97. The van der Waals surface area contributed by atoms with Crippen LogP contribution >= 0.6 is 22.6 Å². The molecule has 0 radical (unpaired) electrons. The fourth-order valence-electron chi connectivity index (χ4n) is 1.61. The van der Waals surface area contributed by atoms with Gasteiger partial charge in [0.05, 0.1) is 28.7 Å². The van der Waals surface area contributed by atoms with E-state index in [1.54, 1.807) is 26.3 Å². The van der Waals surface area contributed by atoms with Crippen LogP contribution in [0.3, 0.4) is 0 Å². The molecule has 0 saturated carbocycles. The summed E-state index contributed by atoms with van der Waals surface area (Å²) >= 11 is 2.18. The van der Waals surface area contributed by atoms with E-state index in [1.165, 1.54) is 6.26 Å². The zero-order valence-corrected chi connectivity index (χ0v) is 13.2. The summed E-state index contributed by atoms with van der Waals surface area (Å²) in [6.07, 6.45) is 3.05. The molecule has 0 saturated heterocycles. The molecule has 1 aromatic carbocycles. The molecule has 104 valence electrons. The third-order valence-corrected chi connectivity index (χ3v) is 3.50. The van der Waals surface area contributed by atoms with Gasteiger partial charge in [-0.15, -0.1) is 0 Å². The Kier molecular flexibility index (Phi) is 4.78. The topological polar surface area (TPSA) is 63.8 Å². The first-order chi connectivity index (χ1) is 9.61. The highest BCUT2D eigenvalue weighted by molar-refractivity contribution is 14.1. The molecule has 0 spiro atoms. The number of halogens is 1. The summed E-state index contributed by atoms with van der Waals surface area (Å²) < 4.78 is 11.2. The Morgan fingerprint density at radius 2 is 2.25 bits per heavy atom. The van der Waals surface area contributed by atoms with Crippen molar-refractivity contribution in [3.63, 3.8) is 0 Å². The number of hydrogen-bond acceptors (Lipinski definition) is 4. The van der Waals surface area contributed by atoms with E-state index < -0.39 is 0 Å². The van der Waals surface area contributed by atoms with E-state index in [4.69, 9.17) is 9.15 Å². The molecule has 0 atom stereocenters.